The van der Waals surface area contributed by atoms with Crippen molar-refractivity contribution >= 4 is 34.4 Å². The second kappa shape index (κ2) is 6.30. The summed E-state index contributed by atoms with van der Waals surface area (Å²) in [6.45, 7) is 0. The number of thioether (sulfide) groups is 1. The number of anilines is 1. The molecule has 0 radical (unpaired) electrons. The van der Waals surface area contributed by atoms with Crippen LogP contribution in [0.15, 0.2) is 47.6 Å². The number of benzene rings is 1. The van der Waals surface area contributed by atoms with Gasteiger partial charge in [-0.25, -0.2) is 4.98 Å². The molecule has 6 heteroatoms. The van der Waals surface area contributed by atoms with E-state index in [1.807, 2.05) is 36.5 Å². The lowest BCUT2D eigenvalue weighted by atomic mass is 10.0. The largest absolute Gasteiger partial charge is 0.346 e. The fraction of sp³-hybridized carbons (Fsp3) is 0.222. The van der Waals surface area contributed by atoms with Crippen molar-refractivity contribution in [2.75, 3.05) is 11.1 Å². The molecule has 1 aliphatic heterocycles. The summed E-state index contributed by atoms with van der Waals surface area (Å²) >= 11 is 1.78. The van der Waals surface area contributed by atoms with Gasteiger partial charge in [-0.05, 0) is 48.4 Å². The van der Waals surface area contributed by atoms with Gasteiger partial charge in [-0.2, -0.15) is 0 Å². The highest BCUT2D eigenvalue weighted by molar-refractivity contribution is 7.99. The molecule has 0 saturated carbocycles. The van der Waals surface area contributed by atoms with Crippen molar-refractivity contribution < 1.29 is 4.79 Å². The van der Waals surface area contributed by atoms with Crippen LogP contribution in [-0.4, -0.2) is 21.6 Å². The van der Waals surface area contributed by atoms with Crippen molar-refractivity contribution in [2.45, 2.75) is 23.8 Å². The molecule has 0 fully saturated rings. The highest BCUT2D eigenvalue weighted by Gasteiger charge is 2.18. The topological polar surface area (TPSA) is 83.8 Å². The molecule has 3 aromatic rings. The number of aromatic amines is 1. The highest BCUT2D eigenvalue weighted by atomic mass is 32.2. The van der Waals surface area contributed by atoms with Crippen LogP contribution in [0.2, 0.25) is 0 Å². The first-order valence-electron chi connectivity index (χ1n) is 7.98. The Balaban J connectivity index is 1.63. The Bertz CT molecular complexity index is 905. The summed E-state index contributed by atoms with van der Waals surface area (Å²) in [5, 5.41) is 3.88. The summed E-state index contributed by atoms with van der Waals surface area (Å²) < 4.78 is 0. The molecule has 4 rings (SSSR count). The van der Waals surface area contributed by atoms with E-state index in [0.29, 0.717) is 5.56 Å². The maximum Gasteiger partial charge on any atom is 0.255 e. The molecule has 0 bridgehead atoms. The van der Waals surface area contributed by atoms with E-state index >= 15 is 0 Å². The van der Waals surface area contributed by atoms with Crippen molar-refractivity contribution in [1.82, 2.24) is 9.97 Å². The summed E-state index contributed by atoms with van der Waals surface area (Å²) in [6, 6.07) is 9.58. The van der Waals surface area contributed by atoms with Gasteiger partial charge in [0.2, 0.25) is 0 Å². The minimum absolute atomic E-state index is 0.0618. The summed E-state index contributed by atoms with van der Waals surface area (Å²) in [5.41, 5.74) is 9.53. The van der Waals surface area contributed by atoms with Crippen LogP contribution in [-0.2, 0) is 0 Å². The van der Waals surface area contributed by atoms with Gasteiger partial charge < -0.3 is 16.0 Å². The average Bonchev–Trinajstić information content (AvgIpc) is 3.00. The van der Waals surface area contributed by atoms with E-state index in [2.05, 4.69) is 15.3 Å². The maximum absolute atomic E-state index is 12.7. The van der Waals surface area contributed by atoms with Crippen LogP contribution in [0.4, 0.5) is 5.69 Å². The summed E-state index contributed by atoms with van der Waals surface area (Å²) in [4.78, 5) is 21.1. The Hall–Kier alpha value is -2.31. The van der Waals surface area contributed by atoms with Crippen LogP contribution in [0.25, 0.3) is 11.0 Å². The molecule has 1 atom stereocenters. The monoisotopic (exact) mass is 338 g/mol. The molecule has 24 heavy (non-hydrogen) atoms. The van der Waals surface area contributed by atoms with Crippen LogP contribution >= 0.6 is 11.8 Å². The fourth-order valence-corrected chi connectivity index (χ4v) is 4.14. The lowest BCUT2D eigenvalue weighted by molar-refractivity contribution is 0.102. The Labute approximate surface area is 144 Å². The molecule has 1 amide bonds. The average molecular weight is 338 g/mol. The molecule has 0 spiro atoms. The van der Waals surface area contributed by atoms with Gasteiger partial charge in [0, 0.05) is 34.3 Å². The number of rotatable bonds is 2. The third kappa shape index (κ3) is 2.79. The minimum Gasteiger partial charge on any atom is -0.346 e. The summed E-state index contributed by atoms with van der Waals surface area (Å²) in [6.07, 6.45) is 5.59. The smallest absolute Gasteiger partial charge is 0.255 e. The molecule has 5 nitrogen and oxygen atoms in total. The number of H-pyrrole nitrogens is 1. The molecule has 122 valence electrons. The van der Waals surface area contributed by atoms with Gasteiger partial charge in [0.25, 0.3) is 5.91 Å². The maximum atomic E-state index is 12.7. The van der Waals surface area contributed by atoms with E-state index in [4.69, 9.17) is 5.73 Å². The Morgan fingerprint density at radius 2 is 2.25 bits per heavy atom. The SMILES string of the molecule is N[C@H]1CCCSc2cc(C(=O)Nc3ccnc4[nH]ccc34)ccc21. The number of hydrogen-bond donors (Lipinski definition) is 3. The van der Waals surface area contributed by atoms with Gasteiger partial charge in [0.05, 0.1) is 5.69 Å². The van der Waals surface area contributed by atoms with E-state index in [0.717, 1.165) is 45.8 Å². The summed E-state index contributed by atoms with van der Waals surface area (Å²) in [7, 11) is 0. The lowest BCUT2D eigenvalue weighted by Gasteiger charge is -2.13. The highest BCUT2D eigenvalue weighted by Crippen LogP contribution is 2.34. The predicted octanol–water partition coefficient (Wildman–Crippen LogP) is 3.70. The number of hydrogen-bond acceptors (Lipinski definition) is 4. The zero-order valence-corrected chi connectivity index (χ0v) is 13.9. The van der Waals surface area contributed by atoms with Gasteiger partial charge in [0.1, 0.15) is 5.65 Å². The number of nitrogens with two attached hydrogens (primary N) is 1. The number of pyridine rings is 1. The number of carbonyl (C=O) groups excluding carboxylic acids is 1. The van der Waals surface area contributed by atoms with Crippen LogP contribution < -0.4 is 11.1 Å². The molecule has 2 aromatic heterocycles. The molecule has 0 unspecified atom stereocenters. The second-order valence-electron chi connectivity index (χ2n) is 5.90. The quantitative estimate of drug-likeness (QED) is 0.665. The molecule has 1 aliphatic rings. The lowest BCUT2D eigenvalue weighted by Crippen LogP contribution is -2.14. The molecule has 4 N–H and O–H groups in total. The van der Waals surface area contributed by atoms with Crippen molar-refractivity contribution in [3.05, 3.63) is 53.9 Å². The number of aromatic nitrogens is 2. The Morgan fingerprint density at radius 3 is 3.17 bits per heavy atom. The number of amides is 1. The zero-order valence-electron chi connectivity index (χ0n) is 13.1. The van der Waals surface area contributed by atoms with E-state index in [1.54, 1.807) is 18.0 Å². The van der Waals surface area contributed by atoms with Crippen LogP contribution in [0.1, 0.15) is 34.8 Å². The van der Waals surface area contributed by atoms with E-state index in [-0.39, 0.29) is 11.9 Å². The number of nitrogens with one attached hydrogen (secondary N) is 2. The first-order valence-corrected chi connectivity index (χ1v) is 8.97. The third-order valence-corrected chi connectivity index (χ3v) is 5.46. The molecule has 0 aliphatic carbocycles. The zero-order chi connectivity index (χ0) is 16.5. The van der Waals surface area contributed by atoms with Crippen LogP contribution in [0, 0.1) is 0 Å². The first kappa shape index (κ1) is 15.2. The van der Waals surface area contributed by atoms with Gasteiger partial charge >= 0.3 is 0 Å². The molecular weight excluding hydrogens is 320 g/mol. The van der Waals surface area contributed by atoms with Gasteiger partial charge in [-0.15, -0.1) is 11.8 Å². The normalized spacial score (nSPS) is 17.3. The van der Waals surface area contributed by atoms with Crippen molar-refractivity contribution in [2.24, 2.45) is 5.73 Å². The Kier molecular flexibility index (Phi) is 4.00. The number of fused-ring (bicyclic) bond motifs is 2. The van der Waals surface area contributed by atoms with Crippen molar-refractivity contribution in [3.63, 3.8) is 0 Å². The molecule has 3 heterocycles. The Morgan fingerprint density at radius 1 is 1.33 bits per heavy atom. The van der Waals surface area contributed by atoms with Crippen molar-refractivity contribution in [3.8, 4) is 0 Å². The first-order chi connectivity index (χ1) is 11.7. The second-order valence-corrected chi connectivity index (χ2v) is 7.04. The number of carbonyl (C=O) groups is 1. The summed E-state index contributed by atoms with van der Waals surface area (Å²) in [5.74, 6) is 0.921. The van der Waals surface area contributed by atoms with Gasteiger partial charge in [-0.3, -0.25) is 4.79 Å². The van der Waals surface area contributed by atoms with Gasteiger partial charge in [0.15, 0.2) is 0 Å². The van der Waals surface area contributed by atoms with Crippen LogP contribution in [0.5, 0.6) is 0 Å². The van der Waals surface area contributed by atoms with E-state index in [9.17, 15) is 4.79 Å². The number of nitrogens with zero attached hydrogens (tertiary/aromatic N) is 1. The third-order valence-electron chi connectivity index (χ3n) is 4.30. The van der Waals surface area contributed by atoms with Crippen molar-refractivity contribution in [1.29, 1.82) is 0 Å². The van der Waals surface area contributed by atoms with Crippen LogP contribution in [0.3, 0.4) is 0 Å². The minimum atomic E-state index is -0.120. The predicted molar refractivity (Wildman–Crippen MR) is 97.4 cm³/mol. The fourth-order valence-electron chi connectivity index (χ4n) is 3.01. The molecular formula is C18H18N4OS. The molecule has 0 saturated heterocycles. The molecule has 1 aromatic carbocycles. The van der Waals surface area contributed by atoms with Gasteiger partial charge in [-0.1, -0.05) is 6.07 Å². The van der Waals surface area contributed by atoms with E-state index in [1.165, 1.54) is 0 Å². The standard InChI is InChI=1S/C18H18N4OS/c19-14-2-1-9-24-16-10-11(3-4-12(14)16)18(23)22-15-6-8-21-17-13(15)5-7-20-17/h3-8,10,14H,1-2,9,19H2,(H2,20,21,22,23)/t14-/m0/s1. The van der Waals surface area contributed by atoms with E-state index < -0.39 is 0 Å².